The van der Waals surface area contributed by atoms with Gasteiger partial charge in [-0.15, -0.1) is 11.3 Å². The lowest BCUT2D eigenvalue weighted by Gasteiger charge is -1.99. The molecular weight excluding hydrogens is 222 g/mol. The van der Waals surface area contributed by atoms with Gasteiger partial charge in [-0.05, 0) is 35.7 Å². The molecule has 1 aromatic heterocycles. The maximum absolute atomic E-state index is 10.8. The highest BCUT2D eigenvalue weighted by atomic mass is 35.5. The Morgan fingerprint density at radius 3 is 3.00 bits per heavy atom. The average molecular weight is 230 g/mol. The molecule has 0 aliphatic rings. The van der Waals surface area contributed by atoms with Crippen LogP contribution in [-0.2, 0) is 6.42 Å². The van der Waals surface area contributed by atoms with E-state index in [1.165, 1.54) is 11.3 Å². The monoisotopic (exact) mass is 229 g/mol. The van der Waals surface area contributed by atoms with Gasteiger partial charge >= 0.3 is 0 Å². The molecule has 0 spiro atoms. The van der Waals surface area contributed by atoms with E-state index in [-0.39, 0.29) is 6.04 Å². The fourth-order valence-electron chi connectivity index (χ4n) is 1.01. The third kappa shape index (κ3) is 3.03. The van der Waals surface area contributed by atoms with Crippen LogP contribution in [0.25, 0.3) is 10.4 Å². The Labute approximate surface area is 90.1 Å². The molecule has 1 atom stereocenters. The number of thiophene rings is 1. The number of hydrogen-bond donors (Lipinski definition) is 0. The van der Waals surface area contributed by atoms with Crippen LogP contribution in [0, 0.1) is 0 Å². The summed E-state index contributed by atoms with van der Waals surface area (Å²) in [6.45, 7) is 1.82. The van der Waals surface area contributed by atoms with Crippen molar-refractivity contribution in [3.05, 3.63) is 32.3 Å². The van der Waals surface area contributed by atoms with E-state index in [0.717, 1.165) is 4.88 Å². The number of carbonyl (C=O) groups excluding carboxylic acids is 1. The van der Waals surface area contributed by atoms with Crippen LogP contribution in [0.2, 0.25) is 0 Å². The van der Waals surface area contributed by atoms with Crippen molar-refractivity contribution in [2.45, 2.75) is 19.4 Å². The van der Waals surface area contributed by atoms with Gasteiger partial charge in [0.15, 0.2) is 0 Å². The van der Waals surface area contributed by atoms with Crippen LogP contribution >= 0.6 is 22.9 Å². The SMILES string of the molecule is CC(Cc1ccc(C(=O)Cl)s1)N=[N+]=[N-]. The first-order chi connectivity index (χ1) is 6.63. The van der Waals surface area contributed by atoms with Crippen molar-refractivity contribution in [3.8, 4) is 0 Å². The first-order valence-corrected chi connectivity index (χ1v) is 5.15. The molecule has 0 N–H and O–H groups in total. The van der Waals surface area contributed by atoms with Crippen molar-refractivity contribution >= 4 is 28.2 Å². The third-order valence-electron chi connectivity index (χ3n) is 1.60. The minimum absolute atomic E-state index is 0.100. The van der Waals surface area contributed by atoms with E-state index in [2.05, 4.69) is 10.0 Å². The predicted molar refractivity (Wildman–Crippen MR) is 56.8 cm³/mol. The molecule has 4 nitrogen and oxygen atoms in total. The van der Waals surface area contributed by atoms with Gasteiger partial charge in [0.2, 0.25) is 0 Å². The number of hydrogen-bond acceptors (Lipinski definition) is 3. The van der Waals surface area contributed by atoms with E-state index in [1.54, 1.807) is 6.07 Å². The van der Waals surface area contributed by atoms with Gasteiger partial charge in [0.25, 0.3) is 5.24 Å². The average Bonchev–Trinajstić information content (AvgIpc) is 2.53. The first kappa shape index (κ1) is 11.0. The molecule has 0 aromatic carbocycles. The quantitative estimate of drug-likeness (QED) is 0.338. The maximum Gasteiger partial charge on any atom is 0.262 e. The molecule has 0 bridgehead atoms. The van der Waals surface area contributed by atoms with Crippen molar-refractivity contribution in [2.75, 3.05) is 0 Å². The lowest BCUT2D eigenvalue weighted by Crippen LogP contribution is -1.99. The first-order valence-electron chi connectivity index (χ1n) is 3.96. The summed E-state index contributed by atoms with van der Waals surface area (Å²) in [5.41, 5.74) is 8.19. The van der Waals surface area contributed by atoms with Gasteiger partial charge in [0, 0.05) is 15.8 Å². The molecule has 1 rings (SSSR count). The van der Waals surface area contributed by atoms with E-state index < -0.39 is 5.24 Å². The van der Waals surface area contributed by atoms with E-state index >= 15 is 0 Å². The molecule has 0 aliphatic heterocycles. The van der Waals surface area contributed by atoms with Crippen molar-refractivity contribution < 1.29 is 4.79 Å². The predicted octanol–water partition coefficient (Wildman–Crippen LogP) is 3.37. The highest BCUT2D eigenvalue weighted by Gasteiger charge is 2.08. The fraction of sp³-hybridized carbons (Fsp3) is 0.375. The van der Waals surface area contributed by atoms with Crippen molar-refractivity contribution in [2.24, 2.45) is 5.11 Å². The summed E-state index contributed by atoms with van der Waals surface area (Å²) in [6.07, 6.45) is 0.638. The smallest absolute Gasteiger partial charge is 0.262 e. The zero-order chi connectivity index (χ0) is 10.6. The van der Waals surface area contributed by atoms with Crippen LogP contribution in [0.15, 0.2) is 17.2 Å². The minimum Gasteiger partial charge on any atom is -0.275 e. The van der Waals surface area contributed by atoms with Gasteiger partial charge in [-0.1, -0.05) is 12.0 Å². The lowest BCUT2D eigenvalue weighted by molar-refractivity contribution is 0.108. The number of azide groups is 1. The molecule has 0 saturated heterocycles. The Bertz CT molecular complexity index is 384. The van der Waals surface area contributed by atoms with Crippen LogP contribution < -0.4 is 0 Å². The molecule has 0 amide bonds. The molecule has 1 heterocycles. The summed E-state index contributed by atoms with van der Waals surface area (Å²) in [7, 11) is 0. The molecule has 6 heteroatoms. The molecule has 0 aliphatic carbocycles. The normalized spacial score (nSPS) is 11.9. The van der Waals surface area contributed by atoms with Crippen LogP contribution in [0.5, 0.6) is 0 Å². The van der Waals surface area contributed by atoms with Gasteiger partial charge in [0.1, 0.15) is 0 Å². The van der Waals surface area contributed by atoms with Crippen LogP contribution in [-0.4, -0.2) is 11.3 Å². The summed E-state index contributed by atoms with van der Waals surface area (Å²) >= 11 is 6.63. The second-order valence-electron chi connectivity index (χ2n) is 2.80. The molecule has 0 saturated carbocycles. The summed E-state index contributed by atoms with van der Waals surface area (Å²) in [6, 6.07) is 3.40. The third-order valence-corrected chi connectivity index (χ3v) is 3.02. The standard InChI is InChI=1S/C8H8ClN3OS/c1-5(11-12-10)4-6-2-3-7(14-6)8(9)13/h2-3,5H,4H2,1H3. The topological polar surface area (TPSA) is 65.8 Å². The maximum atomic E-state index is 10.8. The minimum atomic E-state index is -0.447. The Hall–Kier alpha value is -1.03. The Balaban J connectivity index is 2.68. The molecule has 0 radical (unpaired) electrons. The highest BCUT2D eigenvalue weighted by molar-refractivity contribution is 7.15. The molecule has 1 aromatic rings. The zero-order valence-electron chi connectivity index (χ0n) is 7.48. The van der Waals surface area contributed by atoms with Crippen molar-refractivity contribution in [1.29, 1.82) is 0 Å². The Kier molecular flexibility index (Phi) is 3.95. The van der Waals surface area contributed by atoms with E-state index in [9.17, 15) is 4.79 Å². The molecule has 0 fully saturated rings. The number of nitrogens with zero attached hydrogens (tertiary/aromatic N) is 3. The Morgan fingerprint density at radius 1 is 1.79 bits per heavy atom. The van der Waals surface area contributed by atoms with Crippen LogP contribution in [0.4, 0.5) is 0 Å². The summed E-state index contributed by atoms with van der Waals surface area (Å²) in [5.74, 6) is 0. The Morgan fingerprint density at radius 2 is 2.50 bits per heavy atom. The van der Waals surface area contributed by atoms with Crippen molar-refractivity contribution in [3.63, 3.8) is 0 Å². The fourth-order valence-corrected chi connectivity index (χ4v) is 2.15. The van der Waals surface area contributed by atoms with Gasteiger partial charge in [-0.3, -0.25) is 4.79 Å². The van der Waals surface area contributed by atoms with Gasteiger partial charge in [-0.2, -0.15) is 0 Å². The second kappa shape index (κ2) is 5.00. The molecule has 1 unspecified atom stereocenters. The van der Waals surface area contributed by atoms with Crippen molar-refractivity contribution in [1.82, 2.24) is 0 Å². The van der Waals surface area contributed by atoms with Gasteiger partial charge in [0.05, 0.1) is 4.88 Å². The highest BCUT2D eigenvalue weighted by Crippen LogP contribution is 2.20. The number of carbonyl (C=O) groups is 1. The summed E-state index contributed by atoms with van der Waals surface area (Å²) < 4.78 is 0. The van der Waals surface area contributed by atoms with E-state index in [4.69, 9.17) is 17.1 Å². The van der Waals surface area contributed by atoms with E-state index in [1.807, 2.05) is 13.0 Å². The molecular formula is C8H8ClN3OS. The number of halogens is 1. The van der Waals surface area contributed by atoms with Crippen LogP contribution in [0.1, 0.15) is 21.5 Å². The summed E-state index contributed by atoms with van der Waals surface area (Å²) in [5, 5.41) is 3.10. The van der Waals surface area contributed by atoms with Gasteiger partial charge in [-0.25, -0.2) is 0 Å². The second-order valence-corrected chi connectivity index (χ2v) is 4.31. The van der Waals surface area contributed by atoms with Gasteiger partial charge < -0.3 is 0 Å². The summed E-state index contributed by atoms with van der Waals surface area (Å²) in [4.78, 5) is 15.0. The van der Waals surface area contributed by atoms with E-state index in [0.29, 0.717) is 11.3 Å². The zero-order valence-corrected chi connectivity index (χ0v) is 9.05. The lowest BCUT2D eigenvalue weighted by atomic mass is 10.2. The molecule has 74 valence electrons. The molecule has 14 heavy (non-hydrogen) atoms. The van der Waals surface area contributed by atoms with Crippen LogP contribution in [0.3, 0.4) is 0 Å². The number of rotatable bonds is 4. The largest absolute Gasteiger partial charge is 0.275 e.